The fourth-order valence-electron chi connectivity index (χ4n) is 2.32. The zero-order valence-electron chi connectivity index (χ0n) is 10.4. The van der Waals surface area contributed by atoms with E-state index in [1.54, 1.807) is 0 Å². The molecule has 1 aromatic rings. The van der Waals surface area contributed by atoms with E-state index < -0.39 is 0 Å². The number of amides is 1. The average molecular weight is 253 g/mol. The number of piperidine rings is 1. The minimum atomic E-state index is 0.131. The monoisotopic (exact) mass is 253 g/mol. The quantitative estimate of drug-likeness (QED) is 0.870. The molecule has 1 aliphatic heterocycles. The summed E-state index contributed by atoms with van der Waals surface area (Å²) in [6.07, 6.45) is 2.20. The summed E-state index contributed by atoms with van der Waals surface area (Å²) in [5.41, 5.74) is 6.54. The van der Waals surface area contributed by atoms with Gasteiger partial charge in [0.05, 0.1) is 10.7 Å². The summed E-state index contributed by atoms with van der Waals surface area (Å²) in [4.78, 5) is 19.4. The topological polar surface area (TPSA) is 59.2 Å². The Morgan fingerprint density at radius 3 is 2.94 bits per heavy atom. The van der Waals surface area contributed by atoms with Crippen LogP contribution in [-0.2, 0) is 0 Å². The lowest BCUT2D eigenvalue weighted by Crippen LogP contribution is -2.42. The summed E-state index contributed by atoms with van der Waals surface area (Å²) < 4.78 is 0. The van der Waals surface area contributed by atoms with Gasteiger partial charge in [0.25, 0.3) is 5.91 Å². The normalized spacial score (nSPS) is 20.6. The molecule has 1 aliphatic rings. The number of nitrogens with two attached hydrogens (primary N) is 1. The molecule has 4 nitrogen and oxygen atoms in total. The van der Waals surface area contributed by atoms with E-state index in [1.165, 1.54) is 11.3 Å². The molecular formula is C12H19N3OS. The van der Waals surface area contributed by atoms with Crippen LogP contribution in [0.4, 0.5) is 0 Å². The molecule has 1 fully saturated rings. The lowest BCUT2D eigenvalue weighted by Gasteiger charge is -2.31. The van der Waals surface area contributed by atoms with Crippen LogP contribution >= 0.6 is 11.3 Å². The average Bonchev–Trinajstić information content (AvgIpc) is 2.67. The van der Waals surface area contributed by atoms with Gasteiger partial charge in [0.15, 0.2) is 0 Å². The number of hydrogen-bond acceptors (Lipinski definition) is 4. The van der Waals surface area contributed by atoms with Crippen molar-refractivity contribution in [2.45, 2.75) is 26.7 Å². The highest BCUT2D eigenvalue weighted by atomic mass is 32.1. The molecule has 1 amide bonds. The highest BCUT2D eigenvalue weighted by Crippen LogP contribution is 2.22. The number of carbonyl (C=O) groups is 1. The van der Waals surface area contributed by atoms with E-state index in [9.17, 15) is 4.79 Å². The number of nitrogens with zero attached hydrogens (tertiary/aromatic N) is 2. The van der Waals surface area contributed by atoms with Gasteiger partial charge in [0, 0.05) is 13.1 Å². The first-order valence-corrected chi connectivity index (χ1v) is 6.87. The van der Waals surface area contributed by atoms with E-state index in [0.717, 1.165) is 41.5 Å². The summed E-state index contributed by atoms with van der Waals surface area (Å²) in [6, 6.07) is 0. The van der Waals surface area contributed by atoms with Crippen LogP contribution in [0, 0.1) is 19.8 Å². The maximum atomic E-state index is 12.4. The van der Waals surface area contributed by atoms with Crippen molar-refractivity contribution >= 4 is 17.2 Å². The molecule has 1 atom stereocenters. The molecule has 0 saturated carbocycles. The molecule has 94 valence electrons. The molecule has 0 spiro atoms. The zero-order valence-corrected chi connectivity index (χ0v) is 11.2. The van der Waals surface area contributed by atoms with Crippen molar-refractivity contribution in [3.8, 4) is 0 Å². The van der Waals surface area contributed by atoms with Crippen molar-refractivity contribution in [2.24, 2.45) is 11.7 Å². The molecule has 1 saturated heterocycles. The third kappa shape index (κ3) is 2.66. The van der Waals surface area contributed by atoms with E-state index in [2.05, 4.69) is 4.98 Å². The van der Waals surface area contributed by atoms with Crippen molar-refractivity contribution in [1.29, 1.82) is 0 Å². The molecular weight excluding hydrogens is 234 g/mol. The number of hydrogen-bond donors (Lipinski definition) is 1. The van der Waals surface area contributed by atoms with E-state index in [4.69, 9.17) is 5.73 Å². The van der Waals surface area contributed by atoms with Crippen LogP contribution in [0.25, 0.3) is 0 Å². The lowest BCUT2D eigenvalue weighted by atomic mass is 9.98. The molecule has 5 heteroatoms. The van der Waals surface area contributed by atoms with Crippen LogP contribution in [-0.4, -0.2) is 35.4 Å². The Morgan fingerprint density at radius 1 is 1.59 bits per heavy atom. The first kappa shape index (κ1) is 12.5. The summed E-state index contributed by atoms with van der Waals surface area (Å²) in [5.74, 6) is 0.591. The fraction of sp³-hybridized carbons (Fsp3) is 0.667. The molecule has 2 heterocycles. The van der Waals surface area contributed by atoms with E-state index in [-0.39, 0.29) is 5.91 Å². The summed E-state index contributed by atoms with van der Waals surface area (Å²) in [5, 5.41) is 0.957. The molecule has 2 rings (SSSR count). The molecule has 17 heavy (non-hydrogen) atoms. The second kappa shape index (κ2) is 5.14. The van der Waals surface area contributed by atoms with Crippen molar-refractivity contribution in [2.75, 3.05) is 19.6 Å². The van der Waals surface area contributed by atoms with Gasteiger partial charge in [-0.2, -0.15) is 0 Å². The summed E-state index contributed by atoms with van der Waals surface area (Å²) >= 11 is 1.49. The van der Waals surface area contributed by atoms with Crippen molar-refractivity contribution in [3.05, 3.63) is 15.6 Å². The van der Waals surface area contributed by atoms with Gasteiger partial charge in [-0.1, -0.05) is 0 Å². The van der Waals surface area contributed by atoms with E-state index in [0.29, 0.717) is 12.5 Å². The van der Waals surface area contributed by atoms with Crippen molar-refractivity contribution < 1.29 is 4.79 Å². The Balaban J connectivity index is 2.12. The van der Waals surface area contributed by atoms with Crippen LogP contribution in [0.1, 0.15) is 33.2 Å². The third-order valence-corrected chi connectivity index (χ3v) is 4.30. The second-order valence-electron chi connectivity index (χ2n) is 4.64. The SMILES string of the molecule is Cc1nc(C)c(C(=O)N2CCC[C@@H](CN)C2)s1. The molecule has 0 aromatic carbocycles. The summed E-state index contributed by atoms with van der Waals surface area (Å²) in [7, 11) is 0. The highest BCUT2D eigenvalue weighted by Gasteiger charge is 2.26. The molecule has 0 bridgehead atoms. The summed E-state index contributed by atoms with van der Waals surface area (Å²) in [6.45, 7) is 6.16. The van der Waals surface area contributed by atoms with Gasteiger partial charge in [-0.05, 0) is 39.2 Å². The number of rotatable bonds is 2. The van der Waals surface area contributed by atoms with Gasteiger partial charge in [0.1, 0.15) is 4.88 Å². The minimum absolute atomic E-state index is 0.131. The molecule has 1 aromatic heterocycles. The number of aromatic nitrogens is 1. The number of carbonyl (C=O) groups excluding carboxylic acids is 1. The predicted octanol–water partition coefficient (Wildman–Crippen LogP) is 1.57. The van der Waals surface area contributed by atoms with Crippen LogP contribution < -0.4 is 5.73 Å². The Bertz CT molecular complexity index is 416. The predicted molar refractivity (Wildman–Crippen MR) is 69.3 cm³/mol. The Morgan fingerprint density at radius 2 is 2.35 bits per heavy atom. The van der Waals surface area contributed by atoms with Gasteiger partial charge in [0.2, 0.25) is 0 Å². The van der Waals surface area contributed by atoms with Gasteiger partial charge < -0.3 is 10.6 Å². The Kier molecular flexibility index (Phi) is 3.79. The standard InChI is InChI=1S/C12H19N3OS/c1-8-11(17-9(2)14-8)12(16)15-5-3-4-10(6-13)7-15/h10H,3-7,13H2,1-2H3/t10-/m0/s1. The number of aryl methyl sites for hydroxylation is 2. The number of likely N-dealkylation sites (tertiary alicyclic amines) is 1. The molecule has 2 N–H and O–H groups in total. The van der Waals surface area contributed by atoms with Crippen LogP contribution in [0.3, 0.4) is 0 Å². The number of thiazole rings is 1. The van der Waals surface area contributed by atoms with Gasteiger partial charge in [-0.25, -0.2) is 4.98 Å². The van der Waals surface area contributed by atoms with E-state index in [1.807, 2.05) is 18.7 Å². The highest BCUT2D eigenvalue weighted by molar-refractivity contribution is 7.13. The van der Waals surface area contributed by atoms with Crippen molar-refractivity contribution in [1.82, 2.24) is 9.88 Å². The van der Waals surface area contributed by atoms with Gasteiger partial charge in [-0.3, -0.25) is 4.79 Å². The van der Waals surface area contributed by atoms with E-state index >= 15 is 0 Å². The molecule has 0 radical (unpaired) electrons. The Hall–Kier alpha value is -0.940. The Labute approximate surface area is 106 Å². The van der Waals surface area contributed by atoms with Crippen LogP contribution in [0.15, 0.2) is 0 Å². The largest absolute Gasteiger partial charge is 0.338 e. The first-order valence-electron chi connectivity index (χ1n) is 6.05. The zero-order chi connectivity index (χ0) is 12.4. The fourth-order valence-corrected chi connectivity index (χ4v) is 3.20. The lowest BCUT2D eigenvalue weighted by molar-refractivity contribution is 0.0682. The smallest absolute Gasteiger partial charge is 0.265 e. The molecule has 0 aliphatic carbocycles. The van der Waals surface area contributed by atoms with Crippen LogP contribution in [0.2, 0.25) is 0 Å². The maximum absolute atomic E-state index is 12.4. The third-order valence-electron chi connectivity index (χ3n) is 3.24. The second-order valence-corrected chi connectivity index (χ2v) is 5.85. The first-order chi connectivity index (χ1) is 8.11. The van der Waals surface area contributed by atoms with Gasteiger partial charge >= 0.3 is 0 Å². The minimum Gasteiger partial charge on any atom is -0.338 e. The molecule has 0 unspecified atom stereocenters. The van der Waals surface area contributed by atoms with Crippen LogP contribution in [0.5, 0.6) is 0 Å². The van der Waals surface area contributed by atoms with Gasteiger partial charge in [-0.15, -0.1) is 11.3 Å². The maximum Gasteiger partial charge on any atom is 0.265 e. The van der Waals surface area contributed by atoms with Crippen molar-refractivity contribution in [3.63, 3.8) is 0 Å².